The lowest BCUT2D eigenvalue weighted by atomic mass is 9.96. The number of fused-ring (bicyclic) bond motifs is 1. The molecule has 1 aliphatic rings. The zero-order valence-corrected chi connectivity index (χ0v) is 16.9. The van der Waals surface area contributed by atoms with Gasteiger partial charge in [-0.1, -0.05) is 23.7 Å². The predicted molar refractivity (Wildman–Crippen MR) is 108 cm³/mol. The van der Waals surface area contributed by atoms with E-state index in [1.165, 1.54) is 19.4 Å². The fourth-order valence-electron chi connectivity index (χ4n) is 3.47. The Hall–Kier alpha value is -3.27. The van der Waals surface area contributed by atoms with Crippen molar-refractivity contribution in [3.05, 3.63) is 65.1 Å². The first-order valence-corrected chi connectivity index (χ1v) is 9.62. The fraction of sp³-hybridized carbons (Fsp3) is 0.250. The molecular formula is C20H17ClF3N5O2. The zero-order chi connectivity index (χ0) is 22.2. The minimum atomic E-state index is -4.56. The number of halogens is 4. The molecule has 0 saturated carbocycles. The van der Waals surface area contributed by atoms with E-state index in [1.54, 1.807) is 30.3 Å². The predicted octanol–water partition coefficient (Wildman–Crippen LogP) is 4.85. The number of anilines is 2. The molecule has 3 aromatic rings. The van der Waals surface area contributed by atoms with Crippen LogP contribution < -0.4 is 15.4 Å². The van der Waals surface area contributed by atoms with Crippen molar-refractivity contribution in [1.82, 2.24) is 14.8 Å². The molecule has 1 amide bonds. The molecule has 0 unspecified atom stereocenters. The van der Waals surface area contributed by atoms with Gasteiger partial charge < -0.3 is 15.4 Å². The lowest BCUT2D eigenvalue weighted by molar-refractivity contribution is -0.173. The van der Waals surface area contributed by atoms with Gasteiger partial charge in [0.25, 0.3) is 5.91 Å². The van der Waals surface area contributed by atoms with Crippen LogP contribution in [-0.4, -0.2) is 34.0 Å². The number of nitrogens with zero attached hydrogens (tertiary/aromatic N) is 3. The molecule has 7 nitrogen and oxygen atoms in total. The minimum Gasteiger partial charge on any atom is -0.497 e. The maximum Gasteiger partial charge on any atom is 0.410 e. The van der Waals surface area contributed by atoms with Crippen molar-refractivity contribution in [1.29, 1.82) is 0 Å². The summed E-state index contributed by atoms with van der Waals surface area (Å²) < 4.78 is 47.5. The molecule has 11 heteroatoms. The van der Waals surface area contributed by atoms with Crippen LogP contribution in [0.15, 0.2) is 48.8 Å². The van der Waals surface area contributed by atoms with E-state index in [2.05, 4.69) is 20.7 Å². The molecule has 4 rings (SSSR count). The summed E-state index contributed by atoms with van der Waals surface area (Å²) in [5.41, 5.74) is 0.797. The number of pyridine rings is 1. The summed E-state index contributed by atoms with van der Waals surface area (Å²) in [7, 11) is 1.48. The summed E-state index contributed by atoms with van der Waals surface area (Å²) in [5, 5.41) is 9.51. The fourth-order valence-corrected chi connectivity index (χ4v) is 3.64. The highest BCUT2D eigenvalue weighted by Crippen LogP contribution is 2.44. The monoisotopic (exact) mass is 451 g/mol. The van der Waals surface area contributed by atoms with Gasteiger partial charge in [0.05, 0.1) is 25.0 Å². The molecule has 162 valence electrons. The van der Waals surface area contributed by atoms with Crippen LogP contribution in [-0.2, 0) is 0 Å². The Kier molecular flexibility index (Phi) is 5.48. The van der Waals surface area contributed by atoms with Gasteiger partial charge >= 0.3 is 6.18 Å². The Bertz CT molecular complexity index is 1120. The van der Waals surface area contributed by atoms with Gasteiger partial charge in [-0.05, 0) is 29.8 Å². The topological polar surface area (TPSA) is 81.1 Å². The van der Waals surface area contributed by atoms with Crippen LogP contribution in [0.4, 0.5) is 24.7 Å². The molecule has 0 fully saturated rings. The lowest BCUT2D eigenvalue weighted by Crippen LogP contribution is -2.36. The smallest absolute Gasteiger partial charge is 0.410 e. The number of nitrogens with one attached hydrogen (secondary N) is 2. The highest BCUT2D eigenvalue weighted by Gasteiger charge is 2.47. The number of hydrogen-bond donors (Lipinski definition) is 2. The number of ether oxygens (including phenoxy) is 1. The molecule has 0 radical (unpaired) electrons. The van der Waals surface area contributed by atoms with Crippen molar-refractivity contribution in [2.24, 2.45) is 0 Å². The van der Waals surface area contributed by atoms with Gasteiger partial charge in [0.2, 0.25) is 0 Å². The van der Waals surface area contributed by atoms with Crippen LogP contribution in [0.1, 0.15) is 34.4 Å². The first kappa shape index (κ1) is 21.0. The van der Waals surface area contributed by atoms with Crippen LogP contribution in [0.3, 0.4) is 0 Å². The Morgan fingerprint density at radius 1 is 1.32 bits per heavy atom. The van der Waals surface area contributed by atoms with Gasteiger partial charge in [0, 0.05) is 12.6 Å². The number of alkyl halides is 3. The third-order valence-electron chi connectivity index (χ3n) is 4.99. The van der Waals surface area contributed by atoms with Gasteiger partial charge in [-0.25, -0.2) is 9.67 Å². The van der Waals surface area contributed by atoms with Crippen molar-refractivity contribution < 1.29 is 22.7 Å². The van der Waals surface area contributed by atoms with Crippen LogP contribution >= 0.6 is 11.6 Å². The van der Waals surface area contributed by atoms with Crippen molar-refractivity contribution in [3.8, 4) is 5.75 Å². The van der Waals surface area contributed by atoms with Gasteiger partial charge in [0.15, 0.2) is 11.2 Å². The first-order valence-electron chi connectivity index (χ1n) is 9.24. The van der Waals surface area contributed by atoms with Gasteiger partial charge in [-0.2, -0.15) is 18.3 Å². The molecular weight excluding hydrogens is 435 g/mol. The van der Waals surface area contributed by atoms with E-state index in [4.69, 9.17) is 16.3 Å². The van der Waals surface area contributed by atoms with E-state index < -0.39 is 24.2 Å². The number of benzene rings is 1. The molecule has 1 aromatic carbocycles. The van der Waals surface area contributed by atoms with Crippen LogP contribution in [0, 0.1) is 0 Å². The summed E-state index contributed by atoms with van der Waals surface area (Å²) in [5.74, 6) is -0.166. The van der Waals surface area contributed by atoms with Gasteiger partial charge in [0.1, 0.15) is 17.1 Å². The second kappa shape index (κ2) is 8.10. The average molecular weight is 452 g/mol. The zero-order valence-electron chi connectivity index (χ0n) is 16.2. The summed E-state index contributed by atoms with van der Waals surface area (Å²) in [6.07, 6.45) is -2.29. The SMILES string of the molecule is COc1cccc([C@H]2C[C@H](C(F)(F)F)n3ncc(C(=O)Nc4cccnc4Cl)c3N2)c1. The van der Waals surface area contributed by atoms with Crippen LogP contribution in [0.2, 0.25) is 5.15 Å². The third kappa shape index (κ3) is 4.15. The summed E-state index contributed by atoms with van der Waals surface area (Å²) in [6.45, 7) is 0. The van der Waals surface area contributed by atoms with Gasteiger partial charge in [-0.3, -0.25) is 4.79 Å². The number of carbonyl (C=O) groups is 1. The van der Waals surface area contributed by atoms with E-state index in [-0.39, 0.29) is 28.6 Å². The molecule has 2 aromatic heterocycles. The molecule has 0 aliphatic carbocycles. The van der Waals surface area contributed by atoms with Crippen molar-refractivity contribution in [2.45, 2.75) is 24.7 Å². The molecule has 0 saturated heterocycles. The molecule has 1 aliphatic heterocycles. The number of hydrogen-bond acceptors (Lipinski definition) is 5. The Morgan fingerprint density at radius 2 is 2.13 bits per heavy atom. The Labute approximate surface area is 180 Å². The first-order chi connectivity index (χ1) is 14.8. The standard InChI is InChI=1S/C20H17ClF3N5O2/c1-31-12-5-2-4-11(8-12)15-9-16(20(22,23)24)29-18(27-15)13(10-26-29)19(30)28-14-6-3-7-25-17(14)21/h2-8,10,15-16,27H,9H2,1H3,(H,28,30)/t15-,16-/m1/s1. The summed E-state index contributed by atoms with van der Waals surface area (Å²) >= 11 is 5.96. The third-order valence-corrected chi connectivity index (χ3v) is 5.29. The summed E-state index contributed by atoms with van der Waals surface area (Å²) in [6, 6.07) is 7.26. The van der Waals surface area contributed by atoms with E-state index in [0.717, 1.165) is 10.9 Å². The molecule has 2 atom stereocenters. The number of amides is 1. The molecule has 0 bridgehead atoms. The maximum absolute atomic E-state index is 13.8. The number of methoxy groups -OCH3 is 1. The van der Waals surface area contributed by atoms with E-state index in [9.17, 15) is 18.0 Å². The molecule has 0 spiro atoms. The Morgan fingerprint density at radius 3 is 2.84 bits per heavy atom. The normalized spacial score (nSPS) is 18.1. The highest BCUT2D eigenvalue weighted by atomic mass is 35.5. The quantitative estimate of drug-likeness (QED) is 0.554. The Balaban J connectivity index is 1.71. The molecule has 3 heterocycles. The van der Waals surface area contributed by atoms with E-state index >= 15 is 0 Å². The maximum atomic E-state index is 13.8. The van der Waals surface area contributed by atoms with E-state index in [1.807, 2.05) is 0 Å². The van der Waals surface area contributed by atoms with E-state index in [0.29, 0.717) is 11.3 Å². The molecule has 2 N–H and O–H groups in total. The number of rotatable bonds is 4. The van der Waals surface area contributed by atoms with Gasteiger partial charge in [-0.15, -0.1) is 0 Å². The highest BCUT2D eigenvalue weighted by molar-refractivity contribution is 6.32. The largest absolute Gasteiger partial charge is 0.497 e. The second-order valence-corrected chi connectivity index (χ2v) is 7.27. The number of aromatic nitrogens is 3. The van der Waals surface area contributed by atoms with Crippen LogP contribution in [0.5, 0.6) is 5.75 Å². The van der Waals surface area contributed by atoms with Crippen molar-refractivity contribution in [3.63, 3.8) is 0 Å². The number of carbonyl (C=O) groups excluding carboxylic acids is 1. The second-order valence-electron chi connectivity index (χ2n) is 6.91. The average Bonchev–Trinajstić information content (AvgIpc) is 3.18. The van der Waals surface area contributed by atoms with Crippen molar-refractivity contribution in [2.75, 3.05) is 17.7 Å². The minimum absolute atomic E-state index is 0.0288. The summed E-state index contributed by atoms with van der Waals surface area (Å²) in [4.78, 5) is 16.7. The van der Waals surface area contributed by atoms with Crippen molar-refractivity contribution >= 4 is 29.0 Å². The molecule has 31 heavy (non-hydrogen) atoms. The van der Waals surface area contributed by atoms with Crippen LogP contribution in [0.25, 0.3) is 0 Å². The lowest BCUT2D eigenvalue weighted by Gasteiger charge is -2.34.